The molecule has 2 heterocycles. The Balaban J connectivity index is 0.00000243. The van der Waals surface area contributed by atoms with Gasteiger partial charge in [0.1, 0.15) is 12.0 Å². The highest BCUT2D eigenvalue weighted by Gasteiger charge is 2.26. The summed E-state index contributed by atoms with van der Waals surface area (Å²) in [5, 5.41) is 0.598. The monoisotopic (exact) mass is 397 g/mol. The Morgan fingerprint density at radius 3 is 2.38 bits per heavy atom. The summed E-state index contributed by atoms with van der Waals surface area (Å²) in [5.74, 6) is 0.507. The lowest BCUT2D eigenvalue weighted by Crippen LogP contribution is -2.50. The molecule has 1 aromatic heterocycles. The molecule has 0 unspecified atom stereocenters. The molecule has 1 saturated heterocycles. The van der Waals surface area contributed by atoms with Crippen LogP contribution in [0.1, 0.15) is 21.7 Å². The van der Waals surface area contributed by atoms with Gasteiger partial charge in [-0.05, 0) is 17.7 Å². The molecule has 1 aromatic carbocycles. The Kier molecular flexibility index (Phi) is 7.08. The molecule has 0 atom stereocenters. The minimum absolute atomic E-state index is 0. The summed E-state index contributed by atoms with van der Waals surface area (Å²) in [6, 6.07) is 9.00. The minimum atomic E-state index is -0.0957. The van der Waals surface area contributed by atoms with Crippen LogP contribution in [0.3, 0.4) is 0 Å². The van der Waals surface area contributed by atoms with Crippen molar-refractivity contribution in [3.63, 3.8) is 0 Å². The fraction of sp³-hybridized carbons (Fsp3) is 0.333. The first-order valence-electron chi connectivity index (χ1n) is 8.16. The van der Waals surface area contributed by atoms with E-state index in [1.807, 2.05) is 18.2 Å². The van der Waals surface area contributed by atoms with Crippen LogP contribution in [-0.4, -0.2) is 47.8 Å². The van der Waals surface area contributed by atoms with Crippen molar-refractivity contribution in [1.82, 2.24) is 9.80 Å². The van der Waals surface area contributed by atoms with Crippen molar-refractivity contribution in [2.45, 2.75) is 13.0 Å². The number of carbonyl (C=O) groups excluding carboxylic acids is 2. The van der Waals surface area contributed by atoms with Crippen molar-refractivity contribution in [2.75, 3.05) is 26.2 Å². The van der Waals surface area contributed by atoms with Gasteiger partial charge in [-0.3, -0.25) is 9.59 Å². The maximum Gasteiger partial charge on any atom is 0.257 e. The van der Waals surface area contributed by atoms with Crippen molar-refractivity contribution in [2.24, 2.45) is 5.73 Å². The summed E-state index contributed by atoms with van der Waals surface area (Å²) >= 11 is 6.11. The van der Waals surface area contributed by atoms with E-state index in [2.05, 4.69) is 0 Å². The molecule has 2 aromatic rings. The summed E-state index contributed by atoms with van der Waals surface area (Å²) in [4.78, 5) is 28.4. The van der Waals surface area contributed by atoms with Crippen molar-refractivity contribution in [3.05, 3.63) is 58.5 Å². The zero-order chi connectivity index (χ0) is 17.8. The maximum absolute atomic E-state index is 12.4. The third kappa shape index (κ3) is 4.58. The van der Waals surface area contributed by atoms with E-state index in [0.717, 1.165) is 5.56 Å². The highest BCUT2D eigenvalue weighted by atomic mass is 35.5. The van der Waals surface area contributed by atoms with Crippen LogP contribution in [0.15, 0.2) is 41.0 Å². The van der Waals surface area contributed by atoms with E-state index in [0.29, 0.717) is 42.5 Å². The van der Waals surface area contributed by atoms with Gasteiger partial charge in [0, 0.05) is 31.2 Å². The third-order valence-corrected chi connectivity index (χ3v) is 4.69. The first-order chi connectivity index (χ1) is 12.1. The highest BCUT2D eigenvalue weighted by Crippen LogP contribution is 2.17. The summed E-state index contributed by atoms with van der Waals surface area (Å²) in [7, 11) is 0. The Bertz CT molecular complexity index is 771. The van der Waals surface area contributed by atoms with Gasteiger partial charge in [0.15, 0.2) is 0 Å². The van der Waals surface area contributed by atoms with Gasteiger partial charge in [0.25, 0.3) is 5.91 Å². The van der Waals surface area contributed by atoms with Gasteiger partial charge >= 0.3 is 0 Å². The maximum atomic E-state index is 12.4. The molecule has 0 spiro atoms. The predicted molar refractivity (Wildman–Crippen MR) is 101 cm³/mol. The SMILES string of the molecule is Cl.NCc1cc(C(=O)N2CCN(C(=O)Cc3ccccc3Cl)CC2)co1. The van der Waals surface area contributed by atoms with Crippen molar-refractivity contribution >= 4 is 35.8 Å². The molecule has 26 heavy (non-hydrogen) atoms. The van der Waals surface area contributed by atoms with Crippen LogP contribution in [0.2, 0.25) is 5.02 Å². The minimum Gasteiger partial charge on any atom is -0.467 e. The lowest BCUT2D eigenvalue weighted by atomic mass is 10.1. The lowest BCUT2D eigenvalue weighted by molar-refractivity contribution is -0.131. The number of nitrogens with zero attached hydrogens (tertiary/aromatic N) is 2. The number of nitrogens with two attached hydrogens (primary N) is 1. The first-order valence-corrected chi connectivity index (χ1v) is 8.54. The molecular weight excluding hydrogens is 377 g/mol. The summed E-state index contributed by atoms with van der Waals surface area (Å²) < 4.78 is 5.21. The van der Waals surface area contributed by atoms with E-state index in [-0.39, 0.29) is 37.2 Å². The number of rotatable bonds is 4. The molecule has 2 N–H and O–H groups in total. The largest absolute Gasteiger partial charge is 0.467 e. The molecule has 2 amide bonds. The number of hydrogen-bond acceptors (Lipinski definition) is 4. The van der Waals surface area contributed by atoms with E-state index in [1.54, 1.807) is 21.9 Å². The fourth-order valence-corrected chi connectivity index (χ4v) is 3.06. The van der Waals surface area contributed by atoms with Gasteiger partial charge in [-0.25, -0.2) is 0 Å². The van der Waals surface area contributed by atoms with E-state index < -0.39 is 0 Å². The predicted octanol–water partition coefficient (Wildman–Crippen LogP) is 2.34. The molecule has 140 valence electrons. The summed E-state index contributed by atoms with van der Waals surface area (Å²) in [5.41, 5.74) is 6.81. The second kappa shape index (κ2) is 9.07. The second-order valence-electron chi connectivity index (χ2n) is 5.95. The average molecular weight is 398 g/mol. The van der Waals surface area contributed by atoms with Crippen LogP contribution in [0.25, 0.3) is 0 Å². The van der Waals surface area contributed by atoms with E-state index in [1.165, 1.54) is 6.26 Å². The molecule has 1 fully saturated rings. The van der Waals surface area contributed by atoms with E-state index in [9.17, 15) is 9.59 Å². The van der Waals surface area contributed by atoms with Crippen molar-refractivity contribution < 1.29 is 14.0 Å². The van der Waals surface area contributed by atoms with Gasteiger partial charge < -0.3 is 20.0 Å². The summed E-state index contributed by atoms with van der Waals surface area (Å²) in [6.07, 6.45) is 1.70. The molecule has 1 aliphatic rings. The van der Waals surface area contributed by atoms with Crippen LogP contribution in [0.4, 0.5) is 0 Å². The number of halogens is 2. The number of amides is 2. The van der Waals surface area contributed by atoms with Gasteiger partial charge in [0.05, 0.1) is 18.5 Å². The number of benzene rings is 1. The number of carbonyl (C=O) groups is 2. The molecule has 3 rings (SSSR count). The molecule has 0 saturated carbocycles. The Morgan fingerprint density at radius 1 is 1.12 bits per heavy atom. The molecule has 0 radical (unpaired) electrons. The van der Waals surface area contributed by atoms with Crippen LogP contribution in [0, 0.1) is 0 Å². The normalized spacial score (nSPS) is 14.1. The highest BCUT2D eigenvalue weighted by molar-refractivity contribution is 6.31. The smallest absolute Gasteiger partial charge is 0.257 e. The number of hydrogen-bond donors (Lipinski definition) is 1. The molecular formula is C18H21Cl2N3O3. The summed E-state index contributed by atoms with van der Waals surface area (Å²) in [6.45, 7) is 2.28. The van der Waals surface area contributed by atoms with Gasteiger partial charge in [-0.1, -0.05) is 29.8 Å². The number of furan rings is 1. The lowest BCUT2D eigenvalue weighted by Gasteiger charge is -2.34. The van der Waals surface area contributed by atoms with Gasteiger partial charge in [-0.2, -0.15) is 0 Å². The standard InChI is InChI=1S/C18H20ClN3O3.ClH/c19-16-4-2-1-3-13(16)10-17(23)21-5-7-22(8-6-21)18(24)14-9-15(11-20)25-12-14;/h1-4,9,12H,5-8,10-11,20H2;1H. The van der Waals surface area contributed by atoms with E-state index >= 15 is 0 Å². The molecule has 0 bridgehead atoms. The number of piperazine rings is 1. The van der Waals surface area contributed by atoms with Crippen LogP contribution >= 0.6 is 24.0 Å². The Hall–Kier alpha value is -2.02. The van der Waals surface area contributed by atoms with Crippen LogP contribution < -0.4 is 5.73 Å². The van der Waals surface area contributed by atoms with Crippen molar-refractivity contribution in [3.8, 4) is 0 Å². The van der Waals surface area contributed by atoms with Crippen LogP contribution in [0.5, 0.6) is 0 Å². The topological polar surface area (TPSA) is 79.8 Å². The molecule has 6 nitrogen and oxygen atoms in total. The molecule has 1 aliphatic heterocycles. The first kappa shape index (κ1) is 20.3. The third-order valence-electron chi connectivity index (χ3n) is 4.32. The fourth-order valence-electron chi connectivity index (χ4n) is 2.86. The second-order valence-corrected chi connectivity index (χ2v) is 6.35. The zero-order valence-electron chi connectivity index (χ0n) is 14.2. The zero-order valence-corrected chi connectivity index (χ0v) is 15.8. The Morgan fingerprint density at radius 2 is 1.77 bits per heavy atom. The molecule has 8 heteroatoms. The van der Waals surface area contributed by atoms with Gasteiger partial charge in [-0.15, -0.1) is 12.4 Å². The molecule has 0 aliphatic carbocycles. The van der Waals surface area contributed by atoms with E-state index in [4.69, 9.17) is 21.8 Å². The van der Waals surface area contributed by atoms with Crippen LogP contribution in [-0.2, 0) is 17.8 Å². The van der Waals surface area contributed by atoms with Crippen molar-refractivity contribution in [1.29, 1.82) is 0 Å². The quantitative estimate of drug-likeness (QED) is 0.858. The average Bonchev–Trinajstić information content (AvgIpc) is 3.12. The Labute approximate surface area is 163 Å². The van der Waals surface area contributed by atoms with Gasteiger partial charge in [0.2, 0.25) is 5.91 Å².